The number of carbonyl (C=O) groups is 1. The van der Waals surface area contributed by atoms with Gasteiger partial charge >= 0.3 is 0 Å². The number of rotatable bonds is 3. The number of para-hydroxylation sites is 2. The van der Waals surface area contributed by atoms with Crippen LogP contribution in [0.2, 0.25) is 0 Å². The monoisotopic (exact) mass is 220 g/mol. The van der Waals surface area contributed by atoms with Crippen molar-refractivity contribution in [2.24, 2.45) is 11.7 Å². The first-order valence-corrected chi connectivity index (χ1v) is 5.39. The van der Waals surface area contributed by atoms with Crippen LogP contribution in [0.3, 0.4) is 0 Å². The van der Waals surface area contributed by atoms with Crippen molar-refractivity contribution in [3.63, 3.8) is 0 Å². The molecule has 0 aromatic heterocycles. The standard InChI is InChI=1S/C12H16N2O2/c1-16-11-5-3-2-4-10(11)14-8-9(7-13)6-12(14)15/h2-5,9H,6-8,13H2,1H3. The largest absolute Gasteiger partial charge is 0.495 e. The van der Waals surface area contributed by atoms with Crippen LogP contribution >= 0.6 is 0 Å². The van der Waals surface area contributed by atoms with Gasteiger partial charge in [-0.25, -0.2) is 0 Å². The molecule has 1 saturated heterocycles. The number of nitrogens with two attached hydrogens (primary N) is 1. The fourth-order valence-electron chi connectivity index (χ4n) is 2.03. The van der Waals surface area contributed by atoms with Crippen LogP contribution in [-0.2, 0) is 4.79 Å². The van der Waals surface area contributed by atoms with E-state index in [2.05, 4.69) is 0 Å². The number of anilines is 1. The van der Waals surface area contributed by atoms with Crippen LogP contribution in [0.5, 0.6) is 5.75 Å². The third-order valence-electron chi connectivity index (χ3n) is 2.91. The van der Waals surface area contributed by atoms with Crippen LogP contribution in [-0.4, -0.2) is 26.1 Å². The van der Waals surface area contributed by atoms with Crippen molar-refractivity contribution >= 4 is 11.6 Å². The summed E-state index contributed by atoms with van der Waals surface area (Å²) in [5, 5.41) is 0. The second-order valence-electron chi connectivity index (χ2n) is 3.98. The van der Waals surface area contributed by atoms with Crippen molar-refractivity contribution in [3.8, 4) is 5.75 Å². The van der Waals surface area contributed by atoms with Crippen molar-refractivity contribution in [1.29, 1.82) is 0 Å². The van der Waals surface area contributed by atoms with Gasteiger partial charge in [0.15, 0.2) is 0 Å². The zero-order valence-corrected chi connectivity index (χ0v) is 9.35. The molecule has 0 spiro atoms. The molecule has 1 atom stereocenters. The van der Waals surface area contributed by atoms with Crippen molar-refractivity contribution in [2.75, 3.05) is 25.1 Å². The molecule has 2 N–H and O–H groups in total. The van der Waals surface area contributed by atoms with Gasteiger partial charge in [0.25, 0.3) is 0 Å². The van der Waals surface area contributed by atoms with Crippen LogP contribution < -0.4 is 15.4 Å². The quantitative estimate of drug-likeness (QED) is 0.827. The van der Waals surface area contributed by atoms with E-state index in [0.717, 1.165) is 11.4 Å². The first kappa shape index (κ1) is 11.0. The third kappa shape index (κ3) is 1.88. The maximum atomic E-state index is 11.8. The predicted octanol–water partition coefficient (Wildman–Crippen LogP) is 1.01. The van der Waals surface area contributed by atoms with E-state index >= 15 is 0 Å². The summed E-state index contributed by atoms with van der Waals surface area (Å²) in [6, 6.07) is 7.55. The zero-order chi connectivity index (χ0) is 11.5. The lowest BCUT2D eigenvalue weighted by Crippen LogP contribution is -2.26. The molecule has 86 valence electrons. The molecule has 1 fully saturated rings. The van der Waals surface area contributed by atoms with Crippen LogP contribution in [0.15, 0.2) is 24.3 Å². The topological polar surface area (TPSA) is 55.6 Å². The number of hydrogen-bond acceptors (Lipinski definition) is 3. The molecule has 0 aliphatic carbocycles. The summed E-state index contributed by atoms with van der Waals surface area (Å²) >= 11 is 0. The van der Waals surface area contributed by atoms with E-state index in [0.29, 0.717) is 19.5 Å². The Kier molecular flexibility index (Phi) is 3.10. The molecule has 1 aliphatic heterocycles. The van der Waals surface area contributed by atoms with Gasteiger partial charge in [0.1, 0.15) is 5.75 Å². The minimum atomic E-state index is 0.125. The summed E-state index contributed by atoms with van der Waals surface area (Å²) in [5.41, 5.74) is 6.44. The lowest BCUT2D eigenvalue weighted by Gasteiger charge is -2.19. The van der Waals surface area contributed by atoms with E-state index in [1.54, 1.807) is 12.0 Å². The van der Waals surface area contributed by atoms with E-state index in [1.165, 1.54) is 0 Å². The summed E-state index contributed by atoms with van der Waals surface area (Å²) in [6.45, 7) is 1.24. The van der Waals surface area contributed by atoms with Crippen LogP contribution in [0, 0.1) is 5.92 Å². The molecule has 1 aromatic carbocycles. The fraction of sp³-hybridized carbons (Fsp3) is 0.417. The van der Waals surface area contributed by atoms with E-state index in [4.69, 9.17) is 10.5 Å². The number of hydrogen-bond donors (Lipinski definition) is 1. The molecule has 4 heteroatoms. The normalized spacial score (nSPS) is 20.2. The fourth-order valence-corrected chi connectivity index (χ4v) is 2.03. The number of amides is 1. The smallest absolute Gasteiger partial charge is 0.227 e. The second-order valence-corrected chi connectivity index (χ2v) is 3.98. The maximum absolute atomic E-state index is 11.8. The van der Waals surface area contributed by atoms with Gasteiger partial charge in [-0.1, -0.05) is 12.1 Å². The number of carbonyl (C=O) groups excluding carboxylic acids is 1. The molecule has 1 amide bonds. The van der Waals surface area contributed by atoms with E-state index in [1.807, 2.05) is 24.3 Å². The Balaban J connectivity index is 2.27. The minimum absolute atomic E-state index is 0.125. The van der Waals surface area contributed by atoms with E-state index in [9.17, 15) is 4.79 Å². The highest BCUT2D eigenvalue weighted by Gasteiger charge is 2.30. The lowest BCUT2D eigenvalue weighted by molar-refractivity contribution is -0.117. The Bertz CT molecular complexity index is 392. The van der Waals surface area contributed by atoms with Crippen LogP contribution in [0.4, 0.5) is 5.69 Å². The van der Waals surface area contributed by atoms with Crippen LogP contribution in [0.25, 0.3) is 0 Å². The predicted molar refractivity (Wildman–Crippen MR) is 62.5 cm³/mol. The molecule has 0 saturated carbocycles. The average Bonchev–Trinajstić information content (AvgIpc) is 2.70. The highest BCUT2D eigenvalue weighted by Crippen LogP contribution is 2.32. The first-order valence-electron chi connectivity index (χ1n) is 5.39. The van der Waals surface area contributed by atoms with Gasteiger partial charge in [0.2, 0.25) is 5.91 Å². The van der Waals surface area contributed by atoms with Gasteiger partial charge in [-0.15, -0.1) is 0 Å². The Hall–Kier alpha value is -1.55. The average molecular weight is 220 g/mol. The molecule has 4 nitrogen and oxygen atoms in total. The molecular weight excluding hydrogens is 204 g/mol. The second kappa shape index (κ2) is 4.53. The summed E-state index contributed by atoms with van der Waals surface area (Å²) in [7, 11) is 1.61. The van der Waals surface area contributed by atoms with Crippen molar-refractivity contribution < 1.29 is 9.53 Å². The highest BCUT2D eigenvalue weighted by atomic mass is 16.5. The highest BCUT2D eigenvalue weighted by molar-refractivity contribution is 5.97. The number of benzene rings is 1. The molecular formula is C12H16N2O2. The molecule has 1 aromatic rings. The van der Waals surface area contributed by atoms with Gasteiger partial charge in [0, 0.05) is 13.0 Å². The zero-order valence-electron chi connectivity index (χ0n) is 9.35. The van der Waals surface area contributed by atoms with Crippen molar-refractivity contribution in [3.05, 3.63) is 24.3 Å². The molecule has 1 aliphatic rings. The lowest BCUT2D eigenvalue weighted by atomic mass is 10.1. The molecule has 2 rings (SSSR count). The third-order valence-corrected chi connectivity index (χ3v) is 2.91. The van der Waals surface area contributed by atoms with Crippen molar-refractivity contribution in [1.82, 2.24) is 0 Å². The Morgan fingerprint density at radius 2 is 2.25 bits per heavy atom. The van der Waals surface area contributed by atoms with Gasteiger partial charge in [-0.05, 0) is 24.6 Å². The SMILES string of the molecule is COc1ccccc1N1CC(CN)CC1=O. The Morgan fingerprint density at radius 3 is 2.88 bits per heavy atom. The van der Waals surface area contributed by atoms with Crippen molar-refractivity contribution in [2.45, 2.75) is 6.42 Å². The number of methoxy groups -OCH3 is 1. The van der Waals surface area contributed by atoms with Gasteiger partial charge in [0.05, 0.1) is 12.8 Å². The molecule has 16 heavy (non-hydrogen) atoms. The summed E-state index contributed by atoms with van der Waals surface area (Å²) in [6.07, 6.45) is 0.536. The summed E-state index contributed by atoms with van der Waals surface area (Å²) < 4.78 is 5.25. The summed E-state index contributed by atoms with van der Waals surface area (Å²) in [4.78, 5) is 13.6. The van der Waals surface area contributed by atoms with Crippen LogP contribution in [0.1, 0.15) is 6.42 Å². The minimum Gasteiger partial charge on any atom is -0.495 e. The van der Waals surface area contributed by atoms with Gasteiger partial charge < -0.3 is 15.4 Å². The molecule has 1 unspecified atom stereocenters. The molecule has 0 bridgehead atoms. The first-order chi connectivity index (χ1) is 7.76. The number of nitrogens with zero attached hydrogens (tertiary/aromatic N) is 1. The Labute approximate surface area is 95.0 Å². The van der Waals surface area contributed by atoms with E-state index < -0.39 is 0 Å². The molecule has 0 radical (unpaired) electrons. The van der Waals surface area contributed by atoms with Gasteiger partial charge in [-0.2, -0.15) is 0 Å². The van der Waals surface area contributed by atoms with Gasteiger partial charge in [-0.3, -0.25) is 4.79 Å². The maximum Gasteiger partial charge on any atom is 0.227 e. The van der Waals surface area contributed by atoms with E-state index in [-0.39, 0.29) is 11.8 Å². The summed E-state index contributed by atoms with van der Waals surface area (Å²) in [5.74, 6) is 1.12. The Morgan fingerprint density at radius 1 is 1.50 bits per heavy atom. The molecule has 1 heterocycles. The number of ether oxygens (including phenoxy) is 1.